The summed E-state index contributed by atoms with van der Waals surface area (Å²) in [6.07, 6.45) is 4.35. The van der Waals surface area contributed by atoms with Crippen LogP contribution in [-0.4, -0.2) is 47.4 Å². The quantitative estimate of drug-likeness (QED) is 0.788. The molecule has 0 saturated carbocycles. The van der Waals surface area contributed by atoms with Crippen molar-refractivity contribution in [3.05, 3.63) is 35.6 Å². The first kappa shape index (κ1) is 20.9. The molecule has 30 heavy (non-hydrogen) atoms. The Hall–Kier alpha value is -2.34. The predicted molar refractivity (Wildman–Crippen MR) is 117 cm³/mol. The Morgan fingerprint density at radius 3 is 2.47 bits per heavy atom. The van der Waals surface area contributed by atoms with Crippen molar-refractivity contribution in [2.24, 2.45) is 5.92 Å². The molecule has 2 fully saturated rings. The lowest BCUT2D eigenvalue weighted by atomic mass is 9.90. The molecular formula is C24H33N3O3. The monoisotopic (exact) mass is 411 g/mol. The number of carbonyl (C=O) groups is 2. The van der Waals surface area contributed by atoms with Crippen molar-refractivity contribution in [2.45, 2.75) is 71.0 Å². The first-order valence-corrected chi connectivity index (χ1v) is 11.0. The molecule has 6 heteroatoms. The maximum atomic E-state index is 12.9. The summed E-state index contributed by atoms with van der Waals surface area (Å²) in [5.41, 5.74) is 1.19. The van der Waals surface area contributed by atoms with Gasteiger partial charge in [0.25, 0.3) is 5.91 Å². The van der Waals surface area contributed by atoms with E-state index < -0.39 is 0 Å². The van der Waals surface area contributed by atoms with E-state index in [0.717, 1.165) is 36.7 Å². The van der Waals surface area contributed by atoms with Crippen LogP contribution in [0.25, 0.3) is 11.0 Å². The molecule has 0 spiro atoms. The number of fused-ring (bicyclic) bond motifs is 3. The van der Waals surface area contributed by atoms with Crippen LogP contribution >= 0.6 is 0 Å². The van der Waals surface area contributed by atoms with Gasteiger partial charge in [0.05, 0.1) is 12.1 Å². The maximum Gasteiger partial charge on any atom is 0.255 e. The van der Waals surface area contributed by atoms with Crippen LogP contribution in [0.1, 0.15) is 62.6 Å². The minimum atomic E-state index is -0.200. The molecular weight excluding hydrogens is 378 g/mol. The largest absolute Gasteiger partial charge is 0.461 e. The standard InChI is InChI=1S/C24H33N3O3/c1-15-22(19-7-5-6-8-20(19)30-15)23(29)25-13-16-11-17-9-10-18(12-16)27(17)14-21(28)26-24(2,3)4/h5-8,16-18H,9-14H2,1-4H3,(H,25,29)(H,26,28)/t16?,17-,18+. The predicted octanol–water partition coefficient (Wildman–Crippen LogP) is 3.63. The second-order valence-electron chi connectivity index (χ2n) is 9.93. The SMILES string of the molecule is Cc1oc2ccccc2c1C(=O)NCC1C[C@H]2CC[C@@H](C1)N2CC(=O)NC(C)(C)C. The Labute approximate surface area is 178 Å². The van der Waals surface area contributed by atoms with Crippen LogP contribution < -0.4 is 10.6 Å². The number of hydrogen-bond acceptors (Lipinski definition) is 4. The van der Waals surface area contributed by atoms with Crippen molar-refractivity contribution >= 4 is 22.8 Å². The molecule has 2 aliphatic heterocycles. The first-order valence-electron chi connectivity index (χ1n) is 11.0. The summed E-state index contributed by atoms with van der Waals surface area (Å²) < 4.78 is 5.74. The molecule has 0 aliphatic carbocycles. The van der Waals surface area contributed by atoms with E-state index in [0.29, 0.717) is 42.4 Å². The van der Waals surface area contributed by atoms with Gasteiger partial charge in [0.2, 0.25) is 5.91 Å². The van der Waals surface area contributed by atoms with E-state index >= 15 is 0 Å². The van der Waals surface area contributed by atoms with Crippen LogP contribution in [0.4, 0.5) is 0 Å². The van der Waals surface area contributed by atoms with Crippen LogP contribution in [0.15, 0.2) is 28.7 Å². The molecule has 1 unspecified atom stereocenters. The highest BCUT2D eigenvalue weighted by molar-refractivity contribution is 6.07. The number of nitrogens with zero attached hydrogens (tertiary/aromatic N) is 1. The summed E-state index contributed by atoms with van der Waals surface area (Å²) in [4.78, 5) is 27.6. The molecule has 3 atom stereocenters. The molecule has 1 aromatic heterocycles. The molecule has 2 N–H and O–H groups in total. The molecule has 1 aromatic carbocycles. The van der Waals surface area contributed by atoms with Gasteiger partial charge in [-0.1, -0.05) is 18.2 Å². The van der Waals surface area contributed by atoms with Crippen molar-refractivity contribution < 1.29 is 14.0 Å². The fourth-order valence-corrected chi connectivity index (χ4v) is 5.21. The van der Waals surface area contributed by atoms with Gasteiger partial charge >= 0.3 is 0 Å². The smallest absolute Gasteiger partial charge is 0.255 e. The van der Waals surface area contributed by atoms with E-state index in [2.05, 4.69) is 15.5 Å². The lowest BCUT2D eigenvalue weighted by molar-refractivity contribution is -0.125. The number of amides is 2. The number of rotatable bonds is 5. The number of nitrogens with one attached hydrogen (secondary N) is 2. The van der Waals surface area contributed by atoms with E-state index in [4.69, 9.17) is 4.42 Å². The molecule has 6 nitrogen and oxygen atoms in total. The average molecular weight is 412 g/mol. The lowest BCUT2D eigenvalue weighted by Crippen LogP contribution is -2.52. The molecule has 0 radical (unpaired) electrons. The summed E-state index contributed by atoms with van der Waals surface area (Å²) in [6, 6.07) is 8.54. The number of carbonyl (C=O) groups excluding carboxylic acids is 2. The van der Waals surface area contributed by atoms with Crippen molar-refractivity contribution in [3.63, 3.8) is 0 Å². The van der Waals surface area contributed by atoms with Gasteiger partial charge in [-0.25, -0.2) is 0 Å². The van der Waals surface area contributed by atoms with E-state index in [1.54, 1.807) is 0 Å². The molecule has 2 aliphatic rings. The summed E-state index contributed by atoms with van der Waals surface area (Å²) in [6.45, 7) is 9.03. The van der Waals surface area contributed by atoms with Crippen LogP contribution in [0.2, 0.25) is 0 Å². The molecule has 4 rings (SSSR count). The van der Waals surface area contributed by atoms with Gasteiger partial charge in [0, 0.05) is 29.6 Å². The zero-order valence-electron chi connectivity index (χ0n) is 18.5. The zero-order chi connectivity index (χ0) is 21.5. The molecule has 162 valence electrons. The van der Waals surface area contributed by atoms with E-state index in [1.165, 1.54) is 0 Å². The zero-order valence-corrected chi connectivity index (χ0v) is 18.5. The molecule has 2 saturated heterocycles. The Kier molecular flexibility index (Phi) is 5.62. The average Bonchev–Trinajstić information content (AvgIpc) is 3.09. The highest BCUT2D eigenvalue weighted by atomic mass is 16.3. The topological polar surface area (TPSA) is 74.6 Å². The van der Waals surface area contributed by atoms with Gasteiger partial charge < -0.3 is 15.1 Å². The van der Waals surface area contributed by atoms with Gasteiger partial charge in [-0.05, 0) is 65.4 Å². The van der Waals surface area contributed by atoms with Crippen LogP contribution in [0.3, 0.4) is 0 Å². The number of benzene rings is 1. The van der Waals surface area contributed by atoms with Crippen molar-refractivity contribution in [1.29, 1.82) is 0 Å². The Morgan fingerprint density at radius 2 is 1.80 bits per heavy atom. The summed E-state index contributed by atoms with van der Waals surface area (Å²) in [5.74, 6) is 1.16. The van der Waals surface area contributed by atoms with Crippen molar-refractivity contribution in [3.8, 4) is 0 Å². The molecule has 2 amide bonds. The third-order valence-corrected chi connectivity index (χ3v) is 6.37. The number of furan rings is 1. The fraction of sp³-hybridized carbons (Fsp3) is 0.583. The summed E-state index contributed by atoms with van der Waals surface area (Å²) in [5, 5.41) is 7.09. The highest BCUT2D eigenvalue weighted by Crippen LogP contribution is 2.38. The van der Waals surface area contributed by atoms with E-state index in [-0.39, 0.29) is 17.4 Å². The summed E-state index contributed by atoms with van der Waals surface area (Å²) in [7, 11) is 0. The maximum absolute atomic E-state index is 12.9. The second kappa shape index (κ2) is 8.06. The third kappa shape index (κ3) is 4.38. The Bertz CT molecular complexity index is 929. The van der Waals surface area contributed by atoms with E-state index in [1.807, 2.05) is 52.0 Å². The van der Waals surface area contributed by atoms with Gasteiger partial charge in [0.15, 0.2) is 0 Å². The van der Waals surface area contributed by atoms with Crippen LogP contribution in [-0.2, 0) is 4.79 Å². The fourth-order valence-electron chi connectivity index (χ4n) is 5.21. The number of piperidine rings is 1. The van der Waals surface area contributed by atoms with Gasteiger partial charge in [0.1, 0.15) is 11.3 Å². The second-order valence-corrected chi connectivity index (χ2v) is 9.93. The Balaban J connectivity index is 1.34. The van der Waals surface area contributed by atoms with Gasteiger partial charge in [-0.15, -0.1) is 0 Å². The molecule has 3 heterocycles. The van der Waals surface area contributed by atoms with Crippen molar-refractivity contribution in [1.82, 2.24) is 15.5 Å². The Morgan fingerprint density at radius 1 is 1.13 bits per heavy atom. The van der Waals surface area contributed by atoms with Crippen LogP contribution in [0.5, 0.6) is 0 Å². The minimum absolute atomic E-state index is 0.0585. The lowest BCUT2D eigenvalue weighted by Gasteiger charge is -2.39. The number of aryl methyl sites for hydroxylation is 1. The number of hydrogen-bond donors (Lipinski definition) is 2. The first-order chi connectivity index (χ1) is 14.2. The number of para-hydroxylation sites is 1. The molecule has 2 bridgehead atoms. The third-order valence-electron chi connectivity index (χ3n) is 6.37. The highest BCUT2D eigenvalue weighted by Gasteiger charge is 2.41. The van der Waals surface area contributed by atoms with Crippen molar-refractivity contribution in [2.75, 3.05) is 13.1 Å². The van der Waals surface area contributed by atoms with Gasteiger partial charge in [-0.2, -0.15) is 0 Å². The van der Waals surface area contributed by atoms with Crippen LogP contribution in [0, 0.1) is 12.8 Å². The minimum Gasteiger partial charge on any atom is -0.461 e. The summed E-state index contributed by atoms with van der Waals surface area (Å²) >= 11 is 0. The van der Waals surface area contributed by atoms with Gasteiger partial charge in [-0.3, -0.25) is 14.5 Å². The normalized spacial score (nSPS) is 24.2. The molecule has 2 aromatic rings. The van der Waals surface area contributed by atoms with E-state index in [9.17, 15) is 9.59 Å².